The summed E-state index contributed by atoms with van der Waals surface area (Å²) in [7, 11) is 0. The predicted octanol–water partition coefficient (Wildman–Crippen LogP) is 2.76. The van der Waals surface area contributed by atoms with Crippen LogP contribution in [0.25, 0.3) is 0 Å². The molecule has 0 amide bonds. The van der Waals surface area contributed by atoms with Crippen molar-refractivity contribution in [2.45, 2.75) is 38.4 Å². The molecule has 1 rings (SSSR count). The Morgan fingerprint density at radius 1 is 1.20 bits per heavy atom. The Bertz CT molecular complexity index is 390. The van der Waals surface area contributed by atoms with E-state index in [0.717, 1.165) is 5.56 Å². The highest BCUT2D eigenvalue weighted by Gasteiger charge is 2.27. The second kappa shape index (κ2) is 7.61. The van der Waals surface area contributed by atoms with Gasteiger partial charge in [0.2, 0.25) is 0 Å². The molecule has 1 aromatic rings. The molecule has 0 aromatic heterocycles. The van der Waals surface area contributed by atoms with Crippen molar-refractivity contribution in [1.29, 1.82) is 0 Å². The van der Waals surface area contributed by atoms with Gasteiger partial charge in [0.15, 0.2) is 0 Å². The zero-order chi connectivity index (χ0) is 15.2. The molecule has 1 aromatic carbocycles. The Kier molecular flexibility index (Phi) is 6.45. The summed E-state index contributed by atoms with van der Waals surface area (Å²) in [5, 5.41) is 0. The fourth-order valence-corrected chi connectivity index (χ4v) is 1.81. The molecule has 0 spiro atoms. The Morgan fingerprint density at radius 2 is 1.80 bits per heavy atom. The highest BCUT2D eigenvalue weighted by Crippen LogP contribution is 2.16. The second-order valence-electron chi connectivity index (χ2n) is 5.09. The number of nitrogens with one attached hydrogen (secondary N) is 1. The van der Waals surface area contributed by atoms with Crippen molar-refractivity contribution in [3.8, 4) is 0 Å². The number of hydrogen-bond donors (Lipinski definition) is 2. The molecular weight excluding hydrogens is 269 g/mol. The lowest BCUT2D eigenvalue weighted by molar-refractivity contribution is -0.175. The third-order valence-electron chi connectivity index (χ3n) is 2.95. The molecule has 0 radical (unpaired) electrons. The van der Waals surface area contributed by atoms with E-state index in [-0.39, 0.29) is 12.6 Å². The first-order valence-electron chi connectivity index (χ1n) is 6.51. The van der Waals surface area contributed by atoms with Crippen LogP contribution in [0.1, 0.15) is 30.9 Å². The van der Waals surface area contributed by atoms with E-state index >= 15 is 0 Å². The summed E-state index contributed by atoms with van der Waals surface area (Å²) < 4.78 is 40.6. The molecule has 0 aliphatic carbocycles. The first-order chi connectivity index (χ1) is 9.31. The van der Waals surface area contributed by atoms with E-state index in [4.69, 9.17) is 5.84 Å². The van der Waals surface area contributed by atoms with Crippen LogP contribution in [0.3, 0.4) is 0 Å². The van der Waals surface area contributed by atoms with Crippen molar-refractivity contribution in [2.75, 3.05) is 13.2 Å². The van der Waals surface area contributed by atoms with Gasteiger partial charge in [0.25, 0.3) is 0 Å². The van der Waals surface area contributed by atoms with Gasteiger partial charge in [-0.3, -0.25) is 11.3 Å². The highest BCUT2D eigenvalue weighted by molar-refractivity contribution is 5.25. The minimum Gasteiger partial charge on any atom is -0.370 e. The van der Waals surface area contributed by atoms with E-state index < -0.39 is 12.8 Å². The summed E-state index contributed by atoms with van der Waals surface area (Å²) in [4.78, 5) is 0. The Hall–Kier alpha value is -1.11. The maximum Gasteiger partial charge on any atom is 0.411 e. The Morgan fingerprint density at radius 3 is 2.25 bits per heavy atom. The number of alkyl halides is 3. The summed E-state index contributed by atoms with van der Waals surface area (Å²) >= 11 is 0. The fraction of sp³-hybridized carbons (Fsp3) is 0.571. The zero-order valence-corrected chi connectivity index (χ0v) is 11.7. The normalized spacial score (nSPS) is 13.8. The van der Waals surface area contributed by atoms with Gasteiger partial charge in [-0.25, -0.2) is 0 Å². The first kappa shape index (κ1) is 16.9. The lowest BCUT2D eigenvalue weighted by Crippen LogP contribution is -2.41. The topological polar surface area (TPSA) is 47.3 Å². The van der Waals surface area contributed by atoms with Gasteiger partial charge < -0.3 is 4.74 Å². The standard InChI is InChI=1S/C14H21F3N2O/c1-10(2)12-5-3-11(4-6-12)7-13(19-18)8-20-9-14(15,16)17/h3-6,10,13,19H,7-9,18H2,1-2H3. The van der Waals surface area contributed by atoms with E-state index in [1.165, 1.54) is 5.56 Å². The summed E-state index contributed by atoms with van der Waals surface area (Å²) in [6.45, 7) is 2.87. The van der Waals surface area contributed by atoms with E-state index in [1.807, 2.05) is 24.3 Å². The van der Waals surface area contributed by atoms with E-state index in [2.05, 4.69) is 24.0 Å². The maximum atomic E-state index is 12.0. The van der Waals surface area contributed by atoms with E-state index in [1.54, 1.807) is 0 Å². The maximum absolute atomic E-state index is 12.0. The van der Waals surface area contributed by atoms with Gasteiger partial charge >= 0.3 is 6.18 Å². The number of hydrazine groups is 1. The summed E-state index contributed by atoms with van der Waals surface area (Å²) in [6.07, 6.45) is -3.79. The lowest BCUT2D eigenvalue weighted by Gasteiger charge is -2.17. The van der Waals surface area contributed by atoms with Crippen LogP contribution in [-0.4, -0.2) is 25.4 Å². The molecule has 0 aliphatic heterocycles. The molecule has 1 unspecified atom stereocenters. The van der Waals surface area contributed by atoms with Crippen LogP contribution in [0.4, 0.5) is 13.2 Å². The van der Waals surface area contributed by atoms with Gasteiger partial charge in [0, 0.05) is 6.04 Å². The van der Waals surface area contributed by atoms with Gasteiger partial charge in [-0.2, -0.15) is 13.2 Å². The van der Waals surface area contributed by atoms with Crippen molar-refractivity contribution in [3.63, 3.8) is 0 Å². The van der Waals surface area contributed by atoms with Crippen LogP contribution in [0.15, 0.2) is 24.3 Å². The summed E-state index contributed by atoms with van der Waals surface area (Å²) in [6, 6.07) is 7.61. The molecule has 1 atom stereocenters. The quantitative estimate of drug-likeness (QED) is 0.599. The molecule has 0 heterocycles. The van der Waals surface area contributed by atoms with Crippen LogP contribution in [0.2, 0.25) is 0 Å². The van der Waals surface area contributed by atoms with Crippen LogP contribution in [0, 0.1) is 0 Å². The van der Waals surface area contributed by atoms with Crippen LogP contribution >= 0.6 is 0 Å². The van der Waals surface area contributed by atoms with Crippen molar-refractivity contribution in [3.05, 3.63) is 35.4 Å². The van der Waals surface area contributed by atoms with Crippen molar-refractivity contribution in [2.24, 2.45) is 5.84 Å². The number of hydrogen-bond acceptors (Lipinski definition) is 3. The zero-order valence-electron chi connectivity index (χ0n) is 11.7. The fourth-order valence-electron chi connectivity index (χ4n) is 1.81. The third kappa shape index (κ3) is 6.36. The highest BCUT2D eigenvalue weighted by atomic mass is 19.4. The largest absolute Gasteiger partial charge is 0.411 e. The van der Waals surface area contributed by atoms with Gasteiger partial charge in [0.05, 0.1) is 6.61 Å². The number of nitrogens with two attached hydrogens (primary N) is 1. The van der Waals surface area contributed by atoms with Crippen LogP contribution in [0.5, 0.6) is 0 Å². The van der Waals surface area contributed by atoms with Gasteiger partial charge in [-0.05, 0) is 23.5 Å². The van der Waals surface area contributed by atoms with Gasteiger partial charge in [-0.1, -0.05) is 38.1 Å². The monoisotopic (exact) mass is 290 g/mol. The van der Waals surface area contributed by atoms with E-state index in [0.29, 0.717) is 12.3 Å². The molecule has 0 saturated carbocycles. The molecule has 6 heteroatoms. The SMILES string of the molecule is CC(C)c1ccc(CC(COCC(F)(F)F)NN)cc1. The van der Waals surface area contributed by atoms with Crippen LogP contribution < -0.4 is 11.3 Å². The molecule has 3 nitrogen and oxygen atoms in total. The van der Waals surface area contributed by atoms with Crippen molar-refractivity contribution < 1.29 is 17.9 Å². The van der Waals surface area contributed by atoms with Crippen molar-refractivity contribution >= 4 is 0 Å². The Balaban J connectivity index is 2.47. The smallest absolute Gasteiger partial charge is 0.370 e. The average Bonchev–Trinajstić information content (AvgIpc) is 2.36. The average molecular weight is 290 g/mol. The van der Waals surface area contributed by atoms with Gasteiger partial charge in [-0.15, -0.1) is 0 Å². The molecule has 0 fully saturated rings. The molecule has 3 N–H and O–H groups in total. The molecule has 0 aliphatic rings. The molecule has 114 valence electrons. The predicted molar refractivity (Wildman–Crippen MR) is 72.2 cm³/mol. The third-order valence-corrected chi connectivity index (χ3v) is 2.95. The molecular formula is C14H21F3N2O. The Labute approximate surface area is 117 Å². The summed E-state index contributed by atoms with van der Waals surface area (Å²) in [5.74, 6) is 5.78. The first-order valence-corrected chi connectivity index (χ1v) is 6.51. The second-order valence-corrected chi connectivity index (χ2v) is 5.09. The minimum absolute atomic E-state index is 0.0814. The molecule has 20 heavy (non-hydrogen) atoms. The van der Waals surface area contributed by atoms with Crippen LogP contribution in [-0.2, 0) is 11.2 Å². The molecule has 0 saturated heterocycles. The number of rotatable bonds is 7. The van der Waals surface area contributed by atoms with Gasteiger partial charge in [0.1, 0.15) is 6.61 Å². The minimum atomic E-state index is -4.31. The lowest BCUT2D eigenvalue weighted by atomic mass is 9.99. The summed E-state index contributed by atoms with van der Waals surface area (Å²) in [5.41, 5.74) is 4.71. The van der Waals surface area contributed by atoms with Crippen molar-refractivity contribution in [1.82, 2.24) is 5.43 Å². The molecule has 0 bridgehead atoms. The number of halogens is 3. The number of benzene rings is 1. The van der Waals surface area contributed by atoms with E-state index in [9.17, 15) is 13.2 Å². The number of ether oxygens (including phenoxy) is 1.